The van der Waals surface area contributed by atoms with E-state index in [0.717, 1.165) is 16.3 Å². The van der Waals surface area contributed by atoms with E-state index in [4.69, 9.17) is 0 Å². The average Bonchev–Trinajstić information content (AvgIpc) is 2.76. The van der Waals surface area contributed by atoms with Crippen molar-refractivity contribution < 1.29 is 4.79 Å². The van der Waals surface area contributed by atoms with E-state index in [9.17, 15) is 4.79 Å². The molecule has 0 saturated carbocycles. The maximum absolute atomic E-state index is 11.6. The highest BCUT2D eigenvalue weighted by Crippen LogP contribution is 2.08. The number of amides is 1. The fraction of sp³-hybridized carbons (Fsp3) is 0.154. The van der Waals surface area contributed by atoms with Gasteiger partial charge in [-0.25, -0.2) is 10.4 Å². The van der Waals surface area contributed by atoms with Gasteiger partial charge in [-0.1, -0.05) is 30.3 Å². The van der Waals surface area contributed by atoms with Gasteiger partial charge in [0.2, 0.25) is 5.91 Å². The molecule has 0 spiro atoms. The van der Waals surface area contributed by atoms with E-state index in [1.807, 2.05) is 42.6 Å². The summed E-state index contributed by atoms with van der Waals surface area (Å²) in [7, 11) is 0. The van der Waals surface area contributed by atoms with Crippen LogP contribution in [-0.4, -0.2) is 17.1 Å². The van der Waals surface area contributed by atoms with Crippen molar-refractivity contribution in [1.29, 1.82) is 0 Å². The topological polar surface area (TPSA) is 54.4 Å². The molecule has 1 aromatic carbocycles. The van der Waals surface area contributed by atoms with Crippen molar-refractivity contribution in [3.05, 3.63) is 52.0 Å². The Balaban J connectivity index is 1.83. The fourth-order valence-electron chi connectivity index (χ4n) is 1.41. The minimum Gasteiger partial charge on any atom is -0.273 e. The molecule has 0 bridgehead atoms. The molecule has 0 fully saturated rings. The molecule has 0 unspecified atom stereocenters. The van der Waals surface area contributed by atoms with Gasteiger partial charge in [-0.2, -0.15) is 5.10 Å². The predicted octanol–water partition coefficient (Wildman–Crippen LogP) is 2.14. The third-order valence-corrected chi connectivity index (χ3v) is 3.03. The summed E-state index contributed by atoms with van der Waals surface area (Å²) in [4.78, 5) is 15.8. The zero-order valence-electron chi connectivity index (χ0n) is 9.96. The van der Waals surface area contributed by atoms with Crippen molar-refractivity contribution in [2.75, 3.05) is 0 Å². The van der Waals surface area contributed by atoms with Crippen LogP contribution < -0.4 is 5.43 Å². The first-order chi connectivity index (χ1) is 8.74. The van der Waals surface area contributed by atoms with E-state index in [1.165, 1.54) is 11.3 Å². The zero-order chi connectivity index (χ0) is 12.8. The molecule has 1 aromatic heterocycles. The largest absolute Gasteiger partial charge is 0.273 e. The first-order valence-electron chi connectivity index (χ1n) is 5.52. The van der Waals surface area contributed by atoms with Crippen LogP contribution in [0.2, 0.25) is 0 Å². The second kappa shape index (κ2) is 6.07. The second-order valence-electron chi connectivity index (χ2n) is 3.74. The van der Waals surface area contributed by atoms with Crippen LogP contribution in [0.4, 0.5) is 0 Å². The summed E-state index contributed by atoms with van der Waals surface area (Å²) in [6.07, 6.45) is 1.88. The van der Waals surface area contributed by atoms with Gasteiger partial charge in [-0.3, -0.25) is 4.79 Å². The summed E-state index contributed by atoms with van der Waals surface area (Å²) in [6.45, 7) is 1.92. The Labute approximate surface area is 109 Å². The summed E-state index contributed by atoms with van der Waals surface area (Å²) in [6, 6.07) is 9.60. The van der Waals surface area contributed by atoms with E-state index in [1.54, 1.807) is 6.21 Å². The minimum absolute atomic E-state index is 0.160. The Kier molecular flexibility index (Phi) is 4.20. The van der Waals surface area contributed by atoms with Gasteiger partial charge in [0.25, 0.3) is 0 Å². The summed E-state index contributed by atoms with van der Waals surface area (Å²) < 4.78 is 0. The lowest BCUT2D eigenvalue weighted by atomic mass is 10.2. The highest BCUT2D eigenvalue weighted by Gasteiger charge is 2.04. The number of aromatic nitrogens is 1. The molecule has 1 N–H and O–H groups in total. The van der Waals surface area contributed by atoms with Crippen LogP contribution in [-0.2, 0) is 11.2 Å². The predicted molar refractivity (Wildman–Crippen MR) is 72.7 cm³/mol. The van der Waals surface area contributed by atoms with Crippen LogP contribution in [0.3, 0.4) is 0 Å². The van der Waals surface area contributed by atoms with Crippen molar-refractivity contribution in [3.63, 3.8) is 0 Å². The van der Waals surface area contributed by atoms with Gasteiger partial charge >= 0.3 is 0 Å². The van der Waals surface area contributed by atoms with Crippen molar-refractivity contribution in [1.82, 2.24) is 10.4 Å². The number of hydrazone groups is 1. The maximum atomic E-state index is 11.6. The quantitative estimate of drug-likeness (QED) is 0.675. The van der Waals surface area contributed by atoms with Crippen LogP contribution in [0.1, 0.15) is 16.3 Å². The third kappa shape index (κ3) is 3.78. The lowest BCUT2D eigenvalue weighted by molar-refractivity contribution is -0.120. The first-order valence-corrected chi connectivity index (χ1v) is 6.40. The van der Waals surface area contributed by atoms with Gasteiger partial charge in [0, 0.05) is 5.38 Å². The van der Waals surface area contributed by atoms with Gasteiger partial charge in [-0.05, 0) is 12.5 Å². The van der Waals surface area contributed by atoms with Gasteiger partial charge in [0.15, 0.2) is 0 Å². The molecule has 4 nitrogen and oxygen atoms in total. The maximum Gasteiger partial charge on any atom is 0.246 e. The van der Waals surface area contributed by atoms with E-state index < -0.39 is 0 Å². The fourth-order valence-corrected chi connectivity index (χ4v) is 2.02. The number of carbonyl (C=O) groups is 1. The molecule has 0 aliphatic heterocycles. The van der Waals surface area contributed by atoms with Crippen LogP contribution >= 0.6 is 11.3 Å². The van der Waals surface area contributed by atoms with Crippen molar-refractivity contribution in [2.45, 2.75) is 13.3 Å². The third-order valence-electron chi connectivity index (χ3n) is 2.21. The Morgan fingerprint density at radius 2 is 2.22 bits per heavy atom. The summed E-state index contributed by atoms with van der Waals surface area (Å²) in [5.74, 6) is -0.160. The molecule has 2 rings (SSSR count). The smallest absolute Gasteiger partial charge is 0.246 e. The lowest BCUT2D eigenvalue weighted by Crippen LogP contribution is -2.19. The molecule has 0 saturated heterocycles. The molecule has 1 heterocycles. The number of benzene rings is 1. The number of hydrogen-bond donors (Lipinski definition) is 1. The van der Waals surface area contributed by atoms with Gasteiger partial charge < -0.3 is 0 Å². The number of carbonyl (C=O) groups excluding carboxylic acids is 1. The molecule has 0 atom stereocenters. The van der Waals surface area contributed by atoms with E-state index in [0.29, 0.717) is 0 Å². The van der Waals surface area contributed by atoms with Crippen LogP contribution in [0, 0.1) is 6.92 Å². The number of nitrogens with zero attached hydrogens (tertiary/aromatic N) is 2. The summed E-state index contributed by atoms with van der Waals surface area (Å²) >= 11 is 1.54. The zero-order valence-corrected chi connectivity index (χ0v) is 10.8. The standard InChI is InChI=1S/C13H13N3OS/c1-10-15-12(9-18-10)7-13(17)16-14-8-11-5-3-2-4-6-11/h2-6,8-9H,7H2,1H3,(H,16,17). The van der Waals surface area contributed by atoms with Crippen LogP contribution in [0.15, 0.2) is 40.8 Å². The van der Waals surface area contributed by atoms with E-state index in [2.05, 4.69) is 15.5 Å². The molecule has 0 aliphatic rings. The normalized spacial score (nSPS) is 10.7. The van der Waals surface area contributed by atoms with Crippen molar-refractivity contribution >= 4 is 23.5 Å². The monoisotopic (exact) mass is 259 g/mol. The van der Waals surface area contributed by atoms with Gasteiger partial charge in [0.1, 0.15) is 0 Å². The van der Waals surface area contributed by atoms with Crippen molar-refractivity contribution in [2.24, 2.45) is 5.10 Å². The molecule has 1 amide bonds. The van der Waals surface area contributed by atoms with Crippen LogP contribution in [0.25, 0.3) is 0 Å². The number of rotatable bonds is 4. The number of nitrogens with one attached hydrogen (secondary N) is 1. The van der Waals surface area contributed by atoms with Crippen LogP contribution in [0.5, 0.6) is 0 Å². The van der Waals surface area contributed by atoms with Gasteiger partial charge in [-0.15, -0.1) is 11.3 Å². The molecular formula is C13H13N3OS. The Morgan fingerprint density at radius 3 is 2.89 bits per heavy atom. The molecular weight excluding hydrogens is 246 g/mol. The van der Waals surface area contributed by atoms with Gasteiger partial charge in [0.05, 0.1) is 23.3 Å². The first kappa shape index (κ1) is 12.4. The molecule has 18 heavy (non-hydrogen) atoms. The highest BCUT2D eigenvalue weighted by atomic mass is 32.1. The highest BCUT2D eigenvalue weighted by molar-refractivity contribution is 7.09. The van der Waals surface area contributed by atoms with Crippen molar-refractivity contribution in [3.8, 4) is 0 Å². The number of thiazole rings is 1. The number of hydrogen-bond acceptors (Lipinski definition) is 4. The Hall–Kier alpha value is -2.01. The molecule has 0 aliphatic carbocycles. The SMILES string of the molecule is Cc1nc(CC(=O)NN=Cc2ccccc2)cs1. The lowest BCUT2D eigenvalue weighted by Gasteiger charge is -1.96. The minimum atomic E-state index is -0.160. The van der Waals surface area contributed by atoms with E-state index >= 15 is 0 Å². The summed E-state index contributed by atoms with van der Waals surface area (Å²) in [5, 5.41) is 6.74. The second-order valence-corrected chi connectivity index (χ2v) is 4.80. The molecule has 92 valence electrons. The molecule has 5 heteroatoms. The summed E-state index contributed by atoms with van der Waals surface area (Å²) in [5.41, 5.74) is 4.21. The Bertz CT molecular complexity index is 548. The Morgan fingerprint density at radius 1 is 1.44 bits per heavy atom. The average molecular weight is 259 g/mol. The van der Waals surface area contributed by atoms with E-state index in [-0.39, 0.29) is 12.3 Å². The molecule has 2 aromatic rings. The number of aryl methyl sites for hydroxylation is 1. The molecule has 0 radical (unpaired) electrons.